The normalized spacial score (nSPS) is 19.9. The number of methoxy groups -OCH3 is 1. The molecule has 1 unspecified atom stereocenters. The fourth-order valence-electron chi connectivity index (χ4n) is 2.37. The first-order valence-corrected chi connectivity index (χ1v) is 7.53. The SMILES string of the molecule is COCc1nc2c(s1)CCCC2CNC(C)(C)C. The highest BCUT2D eigenvalue weighted by atomic mass is 32.1. The molecule has 18 heavy (non-hydrogen) atoms. The topological polar surface area (TPSA) is 34.1 Å². The molecule has 0 saturated heterocycles. The zero-order valence-electron chi connectivity index (χ0n) is 11.9. The molecule has 102 valence electrons. The molecule has 0 fully saturated rings. The third-order valence-electron chi connectivity index (χ3n) is 3.26. The van der Waals surface area contributed by atoms with Crippen LogP contribution in [0.4, 0.5) is 0 Å². The summed E-state index contributed by atoms with van der Waals surface area (Å²) in [5.74, 6) is 0.579. The van der Waals surface area contributed by atoms with Crippen LogP contribution in [0.5, 0.6) is 0 Å². The fraction of sp³-hybridized carbons (Fsp3) is 0.786. The smallest absolute Gasteiger partial charge is 0.119 e. The third kappa shape index (κ3) is 3.53. The largest absolute Gasteiger partial charge is 0.378 e. The number of thiazole rings is 1. The van der Waals surface area contributed by atoms with Crippen LogP contribution in [-0.4, -0.2) is 24.2 Å². The monoisotopic (exact) mass is 268 g/mol. The van der Waals surface area contributed by atoms with Crippen molar-refractivity contribution >= 4 is 11.3 Å². The van der Waals surface area contributed by atoms with Crippen LogP contribution >= 0.6 is 11.3 Å². The van der Waals surface area contributed by atoms with Crippen LogP contribution in [0.1, 0.15) is 55.1 Å². The van der Waals surface area contributed by atoms with Crippen molar-refractivity contribution in [2.45, 2.75) is 58.1 Å². The summed E-state index contributed by atoms with van der Waals surface area (Å²) in [4.78, 5) is 6.26. The van der Waals surface area contributed by atoms with Gasteiger partial charge in [-0.3, -0.25) is 0 Å². The maximum Gasteiger partial charge on any atom is 0.119 e. The van der Waals surface area contributed by atoms with Crippen molar-refractivity contribution in [3.63, 3.8) is 0 Å². The van der Waals surface area contributed by atoms with Crippen molar-refractivity contribution in [3.05, 3.63) is 15.6 Å². The van der Waals surface area contributed by atoms with Gasteiger partial charge in [0.2, 0.25) is 0 Å². The lowest BCUT2D eigenvalue weighted by atomic mass is 9.90. The second kappa shape index (κ2) is 5.68. The third-order valence-corrected chi connectivity index (χ3v) is 4.37. The van der Waals surface area contributed by atoms with E-state index in [1.165, 1.54) is 29.8 Å². The Morgan fingerprint density at radius 1 is 1.44 bits per heavy atom. The van der Waals surface area contributed by atoms with E-state index in [4.69, 9.17) is 9.72 Å². The minimum atomic E-state index is 0.184. The number of rotatable bonds is 4. The van der Waals surface area contributed by atoms with E-state index < -0.39 is 0 Å². The number of aryl methyl sites for hydroxylation is 1. The van der Waals surface area contributed by atoms with E-state index in [1.807, 2.05) is 11.3 Å². The van der Waals surface area contributed by atoms with Gasteiger partial charge in [0.15, 0.2) is 0 Å². The second-order valence-corrected chi connectivity index (χ2v) is 7.24. The van der Waals surface area contributed by atoms with E-state index in [0.29, 0.717) is 12.5 Å². The summed E-state index contributed by atoms with van der Waals surface area (Å²) in [6, 6.07) is 0. The summed E-state index contributed by atoms with van der Waals surface area (Å²) in [5.41, 5.74) is 1.51. The summed E-state index contributed by atoms with van der Waals surface area (Å²) >= 11 is 1.83. The van der Waals surface area contributed by atoms with Gasteiger partial charge in [0.1, 0.15) is 5.01 Å². The molecule has 1 aromatic rings. The first-order valence-electron chi connectivity index (χ1n) is 6.72. The molecule has 1 aliphatic rings. The van der Waals surface area contributed by atoms with Crippen LogP contribution in [0.15, 0.2) is 0 Å². The summed E-state index contributed by atoms with van der Waals surface area (Å²) in [6.07, 6.45) is 3.74. The van der Waals surface area contributed by atoms with Crippen molar-refractivity contribution in [2.75, 3.05) is 13.7 Å². The Morgan fingerprint density at radius 3 is 2.89 bits per heavy atom. The van der Waals surface area contributed by atoms with Crippen molar-refractivity contribution < 1.29 is 4.74 Å². The van der Waals surface area contributed by atoms with Crippen molar-refractivity contribution in [3.8, 4) is 0 Å². The van der Waals surface area contributed by atoms with Gasteiger partial charge >= 0.3 is 0 Å². The minimum absolute atomic E-state index is 0.184. The maximum atomic E-state index is 5.19. The zero-order valence-corrected chi connectivity index (χ0v) is 12.7. The van der Waals surface area contributed by atoms with E-state index in [-0.39, 0.29) is 5.54 Å². The molecule has 3 nitrogen and oxygen atoms in total. The lowest BCUT2D eigenvalue weighted by Gasteiger charge is -2.27. The summed E-state index contributed by atoms with van der Waals surface area (Å²) in [5, 5.41) is 4.74. The molecular weight excluding hydrogens is 244 g/mol. The highest BCUT2D eigenvalue weighted by Gasteiger charge is 2.25. The minimum Gasteiger partial charge on any atom is -0.378 e. The summed E-state index contributed by atoms with van der Waals surface area (Å²) in [7, 11) is 1.74. The van der Waals surface area contributed by atoms with Crippen molar-refractivity contribution in [1.29, 1.82) is 0 Å². The number of hydrogen-bond donors (Lipinski definition) is 1. The average Bonchev–Trinajstić information content (AvgIpc) is 2.68. The van der Waals surface area contributed by atoms with Gasteiger partial charge in [0, 0.05) is 30.0 Å². The summed E-state index contributed by atoms with van der Waals surface area (Å²) < 4.78 is 5.19. The van der Waals surface area contributed by atoms with Crippen molar-refractivity contribution in [2.24, 2.45) is 0 Å². The molecule has 1 aliphatic carbocycles. The van der Waals surface area contributed by atoms with Gasteiger partial charge in [0.05, 0.1) is 12.3 Å². The number of ether oxygens (including phenoxy) is 1. The van der Waals surface area contributed by atoms with Crippen LogP contribution in [0.25, 0.3) is 0 Å². The predicted molar refractivity (Wildman–Crippen MR) is 76.3 cm³/mol. The van der Waals surface area contributed by atoms with Crippen LogP contribution in [0.2, 0.25) is 0 Å². The quantitative estimate of drug-likeness (QED) is 0.911. The number of nitrogens with one attached hydrogen (secondary N) is 1. The van der Waals surface area contributed by atoms with Gasteiger partial charge in [-0.15, -0.1) is 11.3 Å². The molecule has 4 heteroatoms. The molecule has 0 saturated carbocycles. The molecule has 0 amide bonds. The van der Waals surface area contributed by atoms with Gasteiger partial charge in [-0.1, -0.05) is 0 Å². The van der Waals surface area contributed by atoms with Gasteiger partial charge in [-0.2, -0.15) is 0 Å². The molecule has 1 N–H and O–H groups in total. The molecule has 1 aromatic heterocycles. The predicted octanol–water partition coefficient (Wildman–Crippen LogP) is 3.10. The van der Waals surface area contributed by atoms with Crippen LogP contribution < -0.4 is 5.32 Å². The van der Waals surface area contributed by atoms with Gasteiger partial charge in [-0.25, -0.2) is 4.98 Å². The fourth-order valence-corrected chi connectivity index (χ4v) is 3.54. The lowest BCUT2D eigenvalue weighted by Crippen LogP contribution is -2.39. The van der Waals surface area contributed by atoms with Crippen LogP contribution in [-0.2, 0) is 17.8 Å². The molecule has 0 aromatic carbocycles. The number of aromatic nitrogens is 1. The number of hydrogen-bond acceptors (Lipinski definition) is 4. The lowest BCUT2D eigenvalue weighted by molar-refractivity contribution is 0.184. The van der Waals surface area contributed by atoms with E-state index in [1.54, 1.807) is 7.11 Å². The average molecular weight is 268 g/mol. The molecule has 2 rings (SSSR count). The Labute approximate surface area is 114 Å². The van der Waals surface area contributed by atoms with E-state index >= 15 is 0 Å². The number of nitrogens with zero attached hydrogens (tertiary/aromatic N) is 1. The van der Waals surface area contributed by atoms with Crippen LogP contribution in [0.3, 0.4) is 0 Å². The zero-order chi connectivity index (χ0) is 13.2. The molecule has 0 aliphatic heterocycles. The molecule has 0 bridgehead atoms. The van der Waals surface area contributed by atoms with Crippen LogP contribution in [0, 0.1) is 0 Å². The first kappa shape index (κ1) is 14.0. The molecule has 0 spiro atoms. The van der Waals surface area contributed by atoms with Gasteiger partial charge in [-0.05, 0) is 40.0 Å². The Balaban J connectivity index is 2.07. The standard InChI is InChI=1S/C14H24N2OS/c1-14(2,3)15-8-10-6-5-7-11-13(10)16-12(18-11)9-17-4/h10,15H,5-9H2,1-4H3. The maximum absolute atomic E-state index is 5.19. The van der Waals surface area contributed by atoms with E-state index in [9.17, 15) is 0 Å². The summed E-state index contributed by atoms with van der Waals surface area (Å²) in [6.45, 7) is 8.33. The molecular formula is C14H24N2OS. The molecule has 1 heterocycles. The Bertz CT molecular complexity index is 395. The number of fused-ring (bicyclic) bond motifs is 1. The molecule has 0 radical (unpaired) electrons. The van der Waals surface area contributed by atoms with Gasteiger partial charge in [0.25, 0.3) is 0 Å². The Kier molecular flexibility index (Phi) is 4.41. The Morgan fingerprint density at radius 2 is 2.22 bits per heavy atom. The highest BCUT2D eigenvalue weighted by molar-refractivity contribution is 7.11. The highest BCUT2D eigenvalue weighted by Crippen LogP contribution is 2.34. The van der Waals surface area contributed by atoms with Crippen molar-refractivity contribution in [1.82, 2.24) is 10.3 Å². The van der Waals surface area contributed by atoms with Gasteiger partial charge < -0.3 is 10.1 Å². The van der Waals surface area contributed by atoms with E-state index in [0.717, 1.165) is 11.6 Å². The Hall–Kier alpha value is -0.450. The molecule has 1 atom stereocenters. The first-order chi connectivity index (χ1) is 8.49. The second-order valence-electron chi connectivity index (χ2n) is 6.07. The van der Waals surface area contributed by atoms with E-state index in [2.05, 4.69) is 26.1 Å².